The first kappa shape index (κ1) is 22.3. The van der Waals surface area contributed by atoms with Crippen LogP contribution in [0, 0.1) is 6.92 Å². The van der Waals surface area contributed by atoms with E-state index in [-0.39, 0.29) is 4.90 Å². The molecule has 0 bridgehead atoms. The quantitative estimate of drug-likeness (QED) is 0.410. The highest BCUT2D eigenvalue weighted by molar-refractivity contribution is 7.90. The number of nitrogens with zero attached hydrogens (tertiary/aromatic N) is 3. The monoisotopic (exact) mass is 481 g/mol. The summed E-state index contributed by atoms with van der Waals surface area (Å²) < 4.78 is 40.6. The molecule has 0 amide bonds. The second kappa shape index (κ2) is 7.49. The normalized spacial score (nSPS) is 17.7. The number of pyridine rings is 1. The Bertz CT molecular complexity index is 1430. The van der Waals surface area contributed by atoms with E-state index in [4.69, 9.17) is 9.31 Å². The molecule has 1 fully saturated rings. The second-order valence-corrected chi connectivity index (χ2v) is 11.9. The third-order valence-electron chi connectivity index (χ3n) is 6.40. The highest BCUT2D eigenvalue weighted by Gasteiger charge is 2.52. The molecule has 0 radical (unpaired) electrons. The molecule has 7 nitrogen and oxygen atoms in total. The standard InChI is InChI=1S/C23H24BN3O4S2/c1-15-6-8-17(9-7-15)33(28,29)27-14-19(21-25-10-11-32-21)18-12-16(13-26-20(18)27)24-30-22(2,3)23(4,5)31-24/h6-14H,1-5H3. The molecule has 4 aromatic rings. The molecule has 0 aliphatic carbocycles. The molecule has 33 heavy (non-hydrogen) atoms. The van der Waals surface area contributed by atoms with Crippen molar-refractivity contribution in [2.45, 2.75) is 50.7 Å². The number of thiazole rings is 1. The molecule has 0 atom stereocenters. The number of aryl methyl sites for hydroxylation is 1. The van der Waals surface area contributed by atoms with Crippen molar-refractivity contribution >= 4 is 45.0 Å². The van der Waals surface area contributed by atoms with E-state index in [0.717, 1.165) is 11.0 Å². The van der Waals surface area contributed by atoms with Gasteiger partial charge in [0.1, 0.15) is 5.01 Å². The molecule has 1 saturated heterocycles. The summed E-state index contributed by atoms with van der Waals surface area (Å²) in [6, 6.07) is 8.67. The van der Waals surface area contributed by atoms with Crippen LogP contribution in [0.1, 0.15) is 33.3 Å². The summed E-state index contributed by atoms with van der Waals surface area (Å²) in [6.45, 7) is 9.88. The SMILES string of the molecule is Cc1ccc(S(=O)(=O)n2cc(-c3nccs3)c3cc(B4OC(C)(C)C(C)(C)O4)cnc32)cc1. The number of hydrogen-bond acceptors (Lipinski definition) is 7. The van der Waals surface area contributed by atoms with Crippen molar-refractivity contribution in [2.75, 3.05) is 0 Å². The zero-order chi connectivity index (χ0) is 23.6. The predicted molar refractivity (Wildman–Crippen MR) is 130 cm³/mol. The largest absolute Gasteiger partial charge is 0.496 e. The fourth-order valence-corrected chi connectivity index (χ4v) is 5.72. The minimum absolute atomic E-state index is 0.201. The van der Waals surface area contributed by atoms with Crippen LogP contribution in [-0.2, 0) is 19.3 Å². The number of hydrogen-bond donors (Lipinski definition) is 0. The van der Waals surface area contributed by atoms with E-state index in [9.17, 15) is 8.42 Å². The Labute approximate surface area is 197 Å². The van der Waals surface area contributed by atoms with Crippen molar-refractivity contribution in [1.29, 1.82) is 0 Å². The zero-order valence-corrected chi connectivity index (χ0v) is 20.7. The van der Waals surface area contributed by atoms with Crippen LogP contribution >= 0.6 is 11.3 Å². The topological polar surface area (TPSA) is 83.3 Å². The Balaban J connectivity index is 1.68. The van der Waals surface area contributed by atoms with Gasteiger partial charge in [0, 0.05) is 40.4 Å². The Kier molecular flexibility index (Phi) is 5.06. The smallest absolute Gasteiger partial charge is 0.399 e. The van der Waals surface area contributed by atoms with Crippen LogP contribution in [0.5, 0.6) is 0 Å². The molecular weight excluding hydrogens is 457 g/mol. The highest BCUT2D eigenvalue weighted by atomic mass is 32.2. The van der Waals surface area contributed by atoms with Gasteiger partial charge in [0.15, 0.2) is 5.65 Å². The van der Waals surface area contributed by atoms with E-state index >= 15 is 0 Å². The van der Waals surface area contributed by atoms with Crippen LogP contribution in [0.25, 0.3) is 21.6 Å². The molecule has 0 unspecified atom stereocenters. The van der Waals surface area contributed by atoms with Crippen molar-refractivity contribution in [3.8, 4) is 10.6 Å². The van der Waals surface area contributed by atoms with E-state index in [2.05, 4.69) is 9.97 Å². The summed E-state index contributed by atoms with van der Waals surface area (Å²) in [7, 11) is -4.46. The first-order chi connectivity index (χ1) is 15.5. The van der Waals surface area contributed by atoms with E-state index in [1.165, 1.54) is 15.3 Å². The lowest BCUT2D eigenvalue weighted by molar-refractivity contribution is 0.00578. The summed E-state index contributed by atoms with van der Waals surface area (Å²) in [5, 5.41) is 3.25. The van der Waals surface area contributed by atoms with Gasteiger partial charge in [-0.3, -0.25) is 0 Å². The van der Waals surface area contributed by atoms with Crippen LogP contribution in [0.4, 0.5) is 0 Å². The fourth-order valence-electron chi connectivity index (χ4n) is 3.74. The Morgan fingerprint density at radius 3 is 2.30 bits per heavy atom. The molecule has 1 aliphatic rings. The van der Waals surface area contributed by atoms with Gasteiger partial charge >= 0.3 is 7.12 Å². The van der Waals surface area contributed by atoms with Gasteiger partial charge in [-0.25, -0.2) is 22.4 Å². The lowest BCUT2D eigenvalue weighted by atomic mass is 9.80. The summed E-state index contributed by atoms with van der Waals surface area (Å²) in [4.78, 5) is 9.17. The maximum Gasteiger partial charge on any atom is 0.496 e. The van der Waals surface area contributed by atoms with Crippen LogP contribution in [0.2, 0.25) is 0 Å². The maximum absolute atomic E-state index is 13.5. The predicted octanol–water partition coefficient (Wildman–Crippen LogP) is 4.00. The van der Waals surface area contributed by atoms with E-state index in [0.29, 0.717) is 21.6 Å². The third kappa shape index (κ3) is 3.61. The van der Waals surface area contributed by atoms with E-state index in [1.807, 2.05) is 46.1 Å². The number of fused-ring (bicyclic) bond motifs is 1. The van der Waals surface area contributed by atoms with Gasteiger partial charge < -0.3 is 9.31 Å². The van der Waals surface area contributed by atoms with Gasteiger partial charge in [0.25, 0.3) is 10.0 Å². The minimum atomic E-state index is -3.85. The molecule has 0 saturated carbocycles. The lowest BCUT2D eigenvalue weighted by Gasteiger charge is -2.32. The molecule has 0 N–H and O–H groups in total. The average molecular weight is 481 g/mol. The molecule has 3 aromatic heterocycles. The van der Waals surface area contributed by atoms with Gasteiger partial charge in [-0.1, -0.05) is 17.7 Å². The van der Waals surface area contributed by atoms with Gasteiger partial charge in [-0.15, -0.1) is 11.3 Å². The molecule has 10 heteroatoms. The third-order valence-corrected chi connectivity index (χ3v) is 8.87. The number of benzene rings is 1. The summed E-state index contributed by atoms with van der Waals surface area (Å²) >= 11 is 1.44. The van der Waals surface area contributed by atoms with Gasteiger partial charge in [0.2, 0.25) is 0 Å². The van der Waals surface area contributed by atoms with Crippen LogP contribution < -0.4 is 5.46 Å². The Hall–Kier alpha value is -2.53. The van der Waals surface area contributed by atoms with Gasteiger partial charge in [-0.05, 0) is 52.8 Å². The van der Waals surface area contributed by atoms with Crippen molar-refractivity contribution in [2.24, 2.45) is 0 Å². The minimum Gasteiger partial charge on any atom is -0.399 e. The van der Waals surface area contributed by atoms with Crippen molar-refractivity contribution in [3.63, 3.8) is 0 Å². The average Bonchev–Trinajstić information content (AvgIpc) is 3.45. The zero-order valence-electron chi connectivity index (χ0n) is 19.1. The van der Waals surface area contributed by atoms with E-state index < -0.39 is 28.3 Å². The molecule has 170 valence electrons. The van der Waals surface area contributed by atoms with Crippen molar-refractivity contribution in [1.82, 2.24) is 13.9 Å². The lowest BCUT2D eigenvalue weighted by Crippen LogP contribution is -2.41. The molecule has 0 spiro atoms. The molecule has 5 rings (SSSR count). The van der Waals surface area contributed by atoms with Gasteiger partial charge in [-0.2, -0.15) is 0 Å². The number of aromatic nitrogens is 3. The fraction of sp³-hybridized carbons (Fsp3) is 0.304. The van der Waals surface area contributed by atoms with E-state index in [1.54, 1.807) is 42.9 Å². The highest BCUT2D eigenvalue weighted by Crippen LogP contribution is 2.37. The molecule has 1 aromatic carbocycles. The molecule has 1 aliphatic heterocycles. The maximum atomic E-state index is 13.5. The molecule has 4 heterocycles. The van der Waals surface area contributed by atoms with Gasteiger partial charge in [0.05, 0.1) is 16.1 Å². The van der Waals surface area contributed by atoms with Crippen LogP contribution in [-0.4, -0.2) is 40.7 Å². The first-order valence-electron chi connectivity index (χ1n) is 10.6. The second-order valence-electron chi connectivity index (χ2n) is 9.22. The van der Waals surface area contributed by atoms with Crippen LogP contribution in [0.15, 0.2) is 59.2 Å². The summed E-state index contributed by atoms with van der Waals surface area (Å²) in [5.74, 6) is 0. The Morgan fingerprint density at radius 1 is 1.03 bits per heavy atom. The first-order valence-corrected chi connectivity index (χ1v) is 12.9. The Morgan fingerprint density at radius 2 is 1.70 bits per heavy atom. The summed E-state index contributed by atoms with van der Waals surface area (Å²) in [6.07, 6.45) is 4.92. The van der Waals surface area contributed by atoms with Crippen molar-refractivity contribution in [3.05, 3.63) is 59.9 Å². The van der Waals surface area contributed by atoms with Crippen molar-refractivity contribution < 1.29 is 17.7 Å². The van der Waals surface area contributed by atoms with Crippen LogP contribution in [0.3, 0.4) is 0 Å². The summed E-state index contributed by atoms with van der Waals surface area (Å²) in [5.41, 5.74) is 1.75. The number of rotatable bonds is 4. The molecular formula is C23H24BN3O4S2.